The first-order valence-electron chi connectivity index (χ1n) is 11.8. The molecule has 0 saturated carbocycles. The summed E-state index contributed by atoms with van der Waals surface area (Å²) < 4.78 is 11.6. The van der Waals surface area contributed by atoms with Gasteiger partial charge < -0.3 is 19.4 Å². The maximum absolute atomic E-state index is 13.2. The molecule has 2 aromatic heterocycles. The molecule has 0 fully saturated rings. The van der Waals surface area contributed by atoms with Crippen LogP contribution in [-0.4, -0.2) is 39.2 Å². The van der Waals surface area contributed by atoms with Crippen LogP contribution in [0.3, 0.4) is 0 Å². The summed E-state index contributed by atoms with van der Waals surface area (Å²) in [4.78, 5) is 30.5. The Morgan fingerprint density at radius 3 is 2.60 bits per heavy atom. The molecule has 2 aromatic rings. The van der Waals surface area contributed by atoms with Crippen LogP contribution in [0.4, 0.5) is 0 Å². The highest BCUT2D eigenvalue weighted by Gasteiger charge is 2.42. The number of esters is 1. The minimum atomic E-state index is -1.28. The Morgan fingerprint density at radius 1 is 1.23 bits per heavy atom. The monoisotopic (exact) mass is 501 g/mol. The summed E-state index contributed by atoms with van der Waals surface area (Å²) in [7, 11) is 0. The maximum Gasteiger partial charge on any atom is 0.309 e. The van der Waals surface area contributed by atoms with E-state index in [9.17, 15) is 19.8 Å². The van der Waals surface area contributed by atoms with Crippen molar-refractivity contribution in [3.63, 3.8) is 0 Å². The number of allylic oxidation sites excluding steroid dienone is 1. The van der Waals surface area contributed by atoms with E-state index in [0.717, 1.165) is 21.8 Å². The lowest BCUT2D eigenvalue weighted by Crippen LogP contribution is -2.43. The van der Waals surface area contributed by atoms with Gasteiger partial charge in [-0.2, -0.15) is 0 Å². The van der Waals surface area contributed by atoms with Gasteiger partial charge in [-0.3, -0.25) is 9.59 Å². The first-order chi connectivity index (χ1) is 16.4. The number of hydrogen-bond acceptors (Lipinski definition) is 8. The van der Waals surface area contributed by atoms with Crippen LogP contribution in [0.5, 0.6) is 0 Å². The number of cyclic esters (lactones) is 1. The summed E-state index contributed by atoms with van der Waals surface area (Å²) in [5.41, 5.74) is 1.36. The molecule has 0 aromatic carbocycles. The van der Waals surface area contributed by atoms with Crippen LogP contribution in [0.25, 0.3) is 6.08 Å². The van der Waals surface area contributed by atoms with E-state index in [1.807, 2.05) is 38.3 Å². The average molecular weight is 502 g/mol. The number of fused-ring (bicyclic) bond motifs is 2. The third kappa shape index (κ3) is 6.57. The fraction of sp³-hybridized carbons (Fsp3) is 0.519. The maximum atomic E-state index is 13.2. The lowest BCUT2D eigenvalue weighted by Gasteiger charge is -2.32. The lowest BCUT2D eigenvalue weighted by atomic mass is 9.74. The molecule has 0 spiro atoms. The van der Waals surface area contributed by atoms with E-state index in [1.165, 1.54) is 0 Å². The molecule has 0 saturated heterocycles. The fourth-order valence-electron chi connectivity index (χ4n) is 4.16. The van der Waals surface area contributed by atoms with E-state index in [-0.39, 0.29) is 12.2 Å². The van der Waals surface area contributed by atoms with Crippen LogP contribution in [0.2, 0.25) is 0 Å². The number of carbonyl (C=O) groups excluding carboxylic acids is 2. The molecule has 3 heterocycles. The Kier molecular flexibility index (Phi) is 8.51. The van der Waals surface area contributed by atoms with Gasteiger partial charge in [-0.1, -0.05) is 32.4 Å². The van der Waals surface area contributed by atoms with Crippen molar-refractivity contribution < 1.29 is 29.0 Å². The van der Waals surface area contributed by atoms with Crippen molar-refractivity contribution in [2.75, 3.05) is 0 Å². The summed E-state index contributed by atoms with van der Waals surface area (Å²) in [6, 6.07) is 3.47. The number of thiazole rings is 1. The summed E-state index contributed by atoms with van der Waals surface area (Å²) in [6.45, 7) is 10.5. The number of nitrogens with zero attached hydrogens (tertiary/aromatic N) is 1. The van der Waals surface area contributed by atoms with Crippen molar-refractivity contribution in [3.05, 3.63) is 57.0 Å². The molecular weight excluding hydrogens is 466 g/mol. The number of ether oxygens (including phenoxy) is 1. The van der Waals surface area contributed by atoms with Gasteiger partial charge in [0.25, 0.3) is 0 Å². The molecule has 2 N–H and O–H groups in total. The van der Waals surface area contributed by atoms with Crippen LogP contribution >= 0.6 is 11.3 Å². The Balaban J connectivity index is 1.95. The zero-order valence-electron chi connectivity index (χ0n) is 21.2. The van der Waals surface area contributed by atoms with Gasteiger partial charge >= 0.3 is 5.97 Å². The summed E-state index contributed by atoms with van der Waals surface area (Å²) in [5, 5.41) is 24.5. The SMILES string of the molecule is C/C1=C/C[C@@H](/C(C)=C/c2csc(C)n2)OC(=O)C[C@H](O)C(C)(C)C(=O)[C@@H](C)[C@@H](O)c2ccc(o2)C1. The summed E-state index contributed by atoms with van der Waals surface area (Å²) in [5.74, 6) is -0.819. The first kappa shape index (κ1) is 27.0. The Bertz CT molecular complexity index is 1120. The molecule has 1 aliphatic heterocycles. The number of aromatic nitrogens is 1. The van der Waals surface area contributed by atoms with Gasteiger partial charge in [-0.25, -0.2) is 4.98 Å². The molecule has 0 aliphatic carbocycles. The largest absolute Gasteiger partial charge is 0.463 e. The van der Waals surface area contributed by atoms with Crippen molar-refractivity contribution in [1.29, 1.82) is 0 Å². The van der Waals surface area contributed by atoms with Crippen LogP contribution in [0.1, 0.15) is 75.8 Å². The summed E-state index contributed by atoms with van der Waals surface area (Å²) in [6.07, 6.45) is 1.54. The van der Waals surface area contributed by atoms with Crippen LogP contribution < -0.4 is 0 Å². The third-order valence-electron chi connectivity index (χ3n) is 6.62. The van der Waals surface area contributed by atoms with Crippen LogP contribution in [0, 0.1) is 18.3 Å². The second kappa shape index (κ2) is 11.0. The molecule has 2 bridgehead atoms. The smallest absolute Gasteiger partial charge is 0.309 e. The van der Waals surface area contributed by atoms with Gasteiger partial charge in [0.2, 0.25) is 0 Å². The van der Waals surface area contributed by atoms with Crippen molar-refractivity contribution in [2.24, 2.45) is 11.3 Å². The number of ketones is 1. The number of carbonyl (C=O) groups is 2. The molecule has 0 amide bonds. The van der Waals surface area contributed by atoms with E-state index in [4.69, 9.17) is 9.15 Å². The standard InChI is InChI=1S/C27H35NO6S/c1-15-7-9-21(16(2)12-19-14-35-18(4)28-19)34-24(30)13-23(29)27(5,6)26(32)17(3)25(31)22-10-8-20(11-15)33-22/h7-8,10,12,14,17,21,23,25,29,31H,9,11,13H2,1-6H3/b15-7-,16-12+/t17-,21-,23-,25+/m0/s1. The highest BCUT2D eigenvalue weighted by molar-refractivity contribution is 7.09. The van der Waals surface area contributed by atoms with Gasteiger partial charge in [0, 0.05) is 24.1 Å². The molecule has 8 heteroatoms. The molecule has 4 atom stereocenters. The molecule has 0 unspecified atom stereocenters. The number of aliphatic hydroxyl groups excluding tert-OH is 2. The average Bonchev–Trinajstić information content (AvgIpc) is 3.42. The topological polar surface area (TPSA) is 110 Å². The van der Waals surface area contributed by atoms with Crippen molar-refractivity contribution >= 4 is 29.2 Å². The second-order valence-corrected chi connectivity index (χ2v) is 11.0. The van der Waals surface area contributed by atoms with Gasteiger partial charge in [-0.05, 0) is 44.6 Å². The predicted octanol–water partition coefficient (Wildman–Crippen LogP) is 4.97. The first-order valence-corrected chi connectivity index (χ1v) is 12.7. The number of rotatable bonds is 2. The number of furan rings is 1. The van der Waals surface area contributed by atoms with E-state index >= 15 is 0 Å². The minimum absolute atomic E-state index is 0.306. The minimum Gasteiger partial charge on any atom is -0.463 e. The highest BCUT2D eigenvalue weighted by atomic mass is 32.1. The van der Waals surface area contributed by atoms with Gasteiger partial charge in [-0.15, -0.1) is 11.3 Å². The van der Waals surface area contributed by atoms with Crippen LogP contribution in [0.15, 0.2) is 39.2 Å². The van der Waals surface area contributed by atoms with Gasteiger partial charge in [0.05, 0.1) is 28.6 Å². The normalized spacial score (nSPS) is 28.3. The third-order valence-corrected chi connectivity index (χ3v) is 7.41. The molecule has 7 nitrogen and oxygen atoms in total. The zero-order valence-corrected chi connectivity index (χ0v) is 22.0. The van der Waals surface area contributed by atoms with Gasteiger partial charge in [0.15, 0.2) is 0 Å². The Morgan fingerprint density at radius 2 is 1.94 bits per heavy atom. The lowest BCUT2D eigenvalue weighted by molar-refractivity contribution is -0.154. The van der Waals surface area contributed by atoms with E-state index in [1.54, 1.807) is 44.2 Å². The van der Waals surface area contributed by atoms with E-state index in [2.05, 4.69) is 4.98 Å². The second-order valence-electron chi connectivity index (χ2n) is 9.96. The van der Waals surface area contributed by atoms with E-state index < -0.39 is 35.6 Å². The molecule has 35 heavy (non-hydrogen) atoms. The number of aryl methyl sites for hydroxylation is 1. The quantitative estimate of drug-likeness (QED) is 0.442. The summed E-state index contributed by atoms with van der Waals surface area (Å²) >= 11 is 1.54. The molecule has 190 valence electrons. The van der Waals surface area contributed by atoms with Crippen molar-refractivity contribution in [1.82, 2.24) is 4.98 Å². The Hall–Kier alpha value is -2.55. The molecule has 1 aliphatic rings. The van der Waals surface area contributed by atoms with Crippen molar-refractivity contribution in [2.45, 2.75) is 79.1 Å². The number of aliphatic hydroxyl groups is 2. The predicted molar refractivity (Wildman–Crippen MR) is 135 cm³/mol. The van der Waals surface area contributed by atoms with Gasteiger partial charge in [0.1, 0.15) is 29.5 Å². The van der Waals surface area contributed by atoms with Crippen molar-refractivity contribution in [3.8, 4) is 0 Å². The van der Waals surface area contributed by atoms with E-state index in [0.29, 0.717) is 24.4 Å². The zero-order chi connectivity index (χ0) is 25.9. The Labute approximate surface area is 210 Å². The number of hydrogen-bond donors (Lipinski definition) is 2. The molecular formula is C27H35NO6S. The molecule has 0 radical (unpaired) electrons. The molecule has 3 rings (SSSR count). The highest BCUT2D eigenvalue weighted by Crippen LogP contribution is 2.34. The number of Topliss-reactive ketones (excluding diaryl/α,β-unsaturated/α-hetero) is 1. The van der Waals surface area contributed by atoms with Crippen LogP contribution in [-0.2, 0) is 20.7 Å². The fourth-order valence-corrected chi connectivity index (χ4v) is 4.73.